The van der Waals surface area contributed by atoms with E-state index in [2.05, 4.69) is 22.3 Å². The molecule has 0 bridgehead atoms. The molecule has 1 aromatic heterocycles. The van der Waals surface area contributed by atoms with Gasteiger partial charge in [-0.2, -0.15) is 5.10 Å². The number of nitrogens with one attached hydrogen (secondary N) is 1. The normalized spacial score (nSPS) is 21.0. The highest BCUT2D eigenvalue weighted by Crippen LogP contribution is 2.34. The fourth-order valence-corrected chi connectivity index (χ4v) is 4.48. The summed E-state index contributed by atoms with van der Waals surface area (Å²) in [5, 5.41) is 7.43. The van der Waals surface area contributed by atoms with E-state index in [0.29, 0.717) is 25.6 Å². The van der Waals surface area contributed by atoms with Crippen LogP contribution in [-0.2, 0) is 9.59 Å². The van der Waals surface area contributed by atoms with Gasteiger partial charge in [0, 0.05) is 42.9 Å². The molecule has 6 nitrogen and oxygen atoms in total. The first-order valence-electron chi connectivity index (χ1n) is 10.3. The Morgan fingerprint density at radius 2 is 1.75 bits per heavy atom. The predicted molar refractivity (Wildman–Crippen MR) is 108 cm³/mol. The molecule has 28 heavy (non-hydrogen) atoms. The van der Waals surface area contributed by atoms with Gasteiger partial charge in [-0.1, -0.05) is 30.3 Å². The van der Waals surface area contributed by atoms with E-state index in [1.807, 2.05) is 31.3 Å². The van der Waals surface area contributed by atoms with Gasteiger partial charge in [0.05, 0.1) is 6.20 Å². The number of aromatic amines is 1. The molecule has 148 valence electrons. The van der Waals surface area contributed by atoms with Gasteiger partial charge in [0.2, 0.25) is 0 Å². The SMILES string of the molecule is CC1CCCCN1C(=O)C(=O)N1CCC(c2[nH]ncc2-c2ccccc2)CC1. The van der Waals surface area contributed by atoms with E-state index in [-0.39, 0.29) is 17.9 Å². The number of H-pyrrole nitrogens is 1. The third-order valence-electron chi connectivity index (χ3n) is 6.19. The quantitative estimate of drug-likeness (QED) is 0.814. The zero-order valence-electron chi connectivity index (χ0n) is 16.4. The van der Waals surface area contributed by atoms with Crippen LogP contribution in [0.2, 0.25) is 0 Å². The number of likely N-dealkylation sites (tertiary alicyclic amines) is 2. The number of rotatable bonds is 2. The molecule has 2 aliphatic heterocycles. The lowest BCUT2D eigenvalue weighted by molar-refractivity contribution is -0.154. The van der Waals surface area contributed by atoms with Crippen LogP contribution in [0.25, 0.3) is 11.1 Å². The molecular formula is C22H28N4O2. The first kappa shape index (κ1) is 18.7. The molecule has 4 rings (SSSR count). The topological polar surface area (TPSA) is 69.3 Å². The van der Waals surface area contributed by atoms with Crippen LogP contribution in [0.3, 0.4) is 0 Å². The third-order valence-corrected chi connectivity index (χ3v) is 6.19. The van der Waals surface area contributed by atoms with Gasteiger partial charge < -0.3 is 9.80 Å². The highest BCUT2D eigenvalue weighted by Gasteiger charge is 2.34. The van der Waals surface area contributed by atoms with E-state index in [1.165, 1.54) is 0 Å². The van der Waals surface area contributed by atoms with E-state index < -0.39 is 0 Å². The Morgan fingerprint density at radius 1 is 1.00 bits per heavy atom. The molecule has 1 N–H and O–H groups in total. The first-order chi connectivity index (χ1) is 13.6. The molecule has 2 saturated heterocycles. The number of nitrogens with zero attached hydrogens (tertiary/aromatic N) is 3. The molecule has 1 unspecified atom stereocenters. The van der Waals surface area contributed by atoms with Gasteiger partial charge in [0.15, 0.2) is 0 Å². The van der Waals surface area contributed by atoms with Crippen LogP contribution in [0.1, 0.15) is 50.6 Å². The Morgan fingerprint density at radius 3 is 2.46 bits per heavy atom. The Hall–Kier alpha value is -2.63. The minimum atomic E-state index is -0.333. The van der Waals surface area contributed by atoms with Crippen LogP contribution in [0.4, 0.5) is 0 Å². The lowest BCUT2D eigenvalue weighted by Gasteiger charge is -2.36. The number of benzene rings is 1. The van der Waals surface area contributed by atoms with Crippen LogP contribution >= 0.6 is 0 Å². The average molecular weight is 380 g/mol. The van der Waals surface area contributed by atoms with Crippen molar-refractivity contribution in [3.63, 3.8) is 0 Å². The molecule has 2 aromatic rings. The highest BCUT2D eigenvalue weighted by molar-refractivity contribution is 6.35. The van der Waals surface area contributed by atoms with Crippen molar-refractivity contribution in [1.82, 2.24) is 20.0 Å². The number of carbonyl (C=O) groups excluding carboxylic acids is 2. The van der Waals surface area contributed by atoms with Crippen LogP contribution in [-0.4, -0.2) is 57.5 Å². The molecule has 0 saturated carbocycles. The van der Waals surface area contributed by atoms with Crippen molar-refractivity contribution in [2.24, 2.45) is 0 Å². The van der Waals surface area contributed by atoms with Crippen molar-refractivity contribution in [1.29, 1.82) is 0 Å². The lowest BCUT2D eigenvalue weighted by Crippen LogP contribution is -2.51. The molecule has 2 aliphatic rings. The predicted octanol–water partition coefficient (Wildman–Crippen LogP) is 3.18. The largest absolute Gasteiger partial charge is 0.334 e. The van der Waals surface area contributed by atoms with Crippen molar-refractivity contribution in [3.05, 3.63) is 42.2 Å². The van der Waals surface area contributed by atoms with Gasteiger partial charge in [-0.25, -0.2) is 0 Å². The zero-order chi connectivity index (χ0) is 19.5. The Labute approximate surface area is 165 Å². The summed E-state index contributed by atoms with van der Waals surface area (Å²) in [7, 11) is 0. The van der Waals surface area contributed by atoms with Crippen molar-refractivity contribution in [3.8, 4) is 11.1 Å². The second-order valence-electron chi connectivity index (χ2n) is 7.97. The average Bonchev–Trinajstić information content (AvgIpc) is 3.24. The molecule has 3 heterocycles. The number of piperidine rings is 2. The fourth-order valence-electron chi connectivity index (χ4n) is 4.48. The summed E-state index contributed by atoms with van der Waals surface area (Å²) in [6.45, 7) is 3.98. The van der Waals surface area contributed by atoms with Crippen LogP contribution < -0.4 is 0 Å². The van der Waals surface area contributed by atoms with E-state index in [9.17, 15) is 9.59 Å². The van der Waals surface area contributed by atoms with Gasteiger partial charge >= 0.3 is 11.8 Å². The standard InChI is InChI=1S/C22H28N4O2/c1-16-7-5-6-12-26(16)22(28)21(27)25-13-10-18(11-14-25)20-19(15-23-24-20)17-8-3-2-4-9-17/h2-4,8-9,15-16,18H,5-7,10-14H2,1H3,(H,23,24). The van der Waals surface area contributed by atoms with Crippen LogP contribution in [0, 0.1) is 0 Å². The molecule has 2 amide bonds. The number of carbonyl (C=O) groups is 2. The molecular weight excluding hydrogens is 352 g/mol. The fraction of sp³-hybridized carbons (Fsp3) is 0.500. The van der Waals surface area contributed by atoms with E-state index >= 15 is 0 Å². The highest BCUT2D eigenvalue weighted by atomic mass is 16.2. The minimum Gasteiger partial charge on any atom is -0.334 e. The second-order valence-corrected chi connectivity index (χ2v) is 7.97. The van der Waals surface area contributed by atoms with Gasteiger partial charge in [-0.05, 0) is 44.6 Å². The zero-order valence-corrected chi connectivity index (χ0v) is 16.4. The maximum absolute atomic E-state index is 12.7. The molecule has 1 atom stereocenters. The number of amides is 2. The first-order valence-corrected chi connectivity index (χ1v) is 10.3. The molecule has 0 radical (unpaired) electrons. The van der Waals surface area contributed by atoms with Crippen molar-refractivity contribution < 1.29 is 9.59 Å². The second kappa shape index (κ2) is 8.17. The number of hydrogen-bond donors (Lipinski definition) is 1. The Bertz CT molecular complexity index is 824. The minimum absolute atomic E-state index is 0.168. The van der Waals surface area contributed by atoms with Gasteiger partial charge in [-0.15, -0.1) is 0 Å². The Kier molecular flexibility index (Phi) is 5.46. The van der Waals surface area contributed by atoms with Gasteiger partial charge in [0.1, 0.15) is 0 Å². The molecule has 0 aliphatic carbocycles. The molecule has 2 fully saturated rings. The summed E-state index contributed by atoms with van der Waals surface area (Å²) in [6.07, 6.45) is 6.69. The van der Waals surface area contributed by atoms with E-state index in [0.717, 1.165) is 48.9 Å². The van der Waals surface area contributed by atoms with Crippen molar-refractivity contribution >= 4 is 11.8 Å². The van der Waals surface area contributed by atoms with Gasteiger partial charge in [-0.3, -0.25) is 14.7 Å². The molecule has 1 aromatic carbocycles. The molecule has 0 spiro atoms. The summed E-state index contributed by atoms with van der Waals surface area (Å²) in [5.41, 5.74) is 3.41. The molecule has 6 heteroatoms. The lowest BCUT2D eigenvalue weighted by atomic mass is 9.89. The summed E-state index contributed by atoms with van der Waals surface area (Å²) >= 11 is 0. The number of aromatic nitrogens is 2. The summed E-state index contributed by atoms with van der Waals surface area (Å²) in [6, 6.07) is 10.4. The van der Waals surface area contributed by atoms with Crippen molar-refractivity contribution in [2.45, 2.75) is 51.0 Å². The third kappa shape index (κ3) is 3.68. The smallest absolute Gasteiger partial charge is 0.312 e. The summed E-state index contributed by atoms with van der Waals surface area (Å²) in [5.74, 6) is -0.331. The monoisotopic (exact) mass is 380 g/mol. The van der Waals surface area contributed by atoms with E-state index in [4.69, 9.17) is 0 Å². The van der Waals surface area contributed by atoms with Crippen LogP contribution in [0.5, 0.6) is 0 Å². The van der Waals surface area contributed by atoms with Gasteiger partial charge in [0.25, 0.3) is 0 Å². The Balaban J connectivity index is 1.40. The maximum Gasteiger partial charge on any atom is 0.312 e. The summed E-state index contributed by atoms with van der Waals surface area (Å²) in [4.78, 5) is 28.9. The van der Waals surface area contributed by atoms with E-state index in [1.54, 1.807) is 9.80 Å². The maximum atomic E-state index is 12.7. The number of hydrogen-bond acceptors (Lipinski definition) is 3. The van der Waals surface area contributed by atoms with Crippen molar-refractivity contribution in [2.75, 3.05) is 19.6 Å². The van der Waals surface area contributed by atoms with Crippen LogP contribution in [0.15, 0.2) is 36.5 Å². The summed E-state index contributed by atoms with van der Waals surface area (Å²) < 4.78 is 0.